The van der Waals surface area contributed by atoms with Gasteiger partial charge in [0.05, 0.1) is 12.0 Å². The first-order chi connectivity index (χ1) is 8.81. The van der Waals surface area contributed by atoms with Crippen molar-refractivity contribution in [1.29, 1.82) is 0 Å². The second kappa shape index (κ2) is 7.23. The molecular weight excluding hydrogens is 425 g/mol. The quantitative estimate of drug-likeness (QED) is 0.692. The highest BCUT2D eigenvalue weighted by atomic mass is 127. The van der Waals surface area contributed by atoms with Gasteiger partial charge in [0.15, 0.2) is 0 Å². The van der Waals surface area contributed by atoms with E-state index in [2.05, 4.69) is 43.8 Å². The van der Waals surface area contributed by atoms with E-state index in [1.165, 1.54) is 0 Å². The Balaban J connectivity index is 2.87. The van der Waals surface area contributed by atoms with Crippen LogP contribution in [0, 0.1) is 9.49 Å². The van der Waals surface area contributed by atoms with Gasteiger partial charge in [0.25, 0.3) is 5.91 Å². The van der Waals surface area contributed by atoms with Gasteiger partial charge in [-0.05, 0) is 46.7 Å². The predicted octanol–water partition coefficient (Wildman–Crippen LogP) is 3.28. The van der Waals surface area contributed by atoms with E-state index >= 15 is 0 Å². The molecule has 1 rings (SSSR count). The SMILES string of the molecule is CC(C)C(CC(=O)O)NC(=O)c1cc(Br)ccc1I. The van der Waals surface area contributed by atoms with Gasteiger partial charge in [-0.3, -0.25) is 9.59 Å². The Kier molecular flexibility index (Phi) is 6.25. The van der Waals surface area contributed by atoms with Gasteiger partial charge in [-0.1, -0.05) is 29.8 Å². The molecule has 1 atom stereocenters. The molecule has 0 aliphatic heterocycles. The van der Waals surface area contributed by atoms with Gasteiger partial charge in [-0.2, -0.15) is 0 Å². The van der Waals surface area contributed by atoms with E-state index in [4.69, 9.17) is 5.11 Å². The summed E-state index contributed by atoms with van der Waals surface area (Å²) in [5, 5.41) is 11.6. The van der Waals surface area contributed by atoms with Crippen LogP contribution >= 0.6 is 38.5 Å². The normalized spacial score (nSPS) is 12.3. The zero-order valence-electron chi connectivity index (χ0n) is 10.6. The lowest BCUT2D eigenvalue weighted by atomic mass is 10.0. The molecule has 1 aromatic carbocycles. The Hall–Kier alpha value is -0.630. The third-order valence-corrected chi connectivity index (χ3v) is 4.12. The fraction of sp³-hybridized carbons (Fsp3) is 0.385. The summed E-state index contributed by atoms with van der Waals surface area (Å²) in [5.41, 5.74) is 0.547. The predicted molar refractivity (Wildman–Crippen MR) is 85.2 cm³/mol. The lowest BCUT2D eigenvalue weighted by Crippen LogP contribution is -2.40. The fourth-order valence-electron chi connectivity index (χ4n) is 1.56. The van der Waals surface area contributed by atoms with Crippen LogP contribution in [0.15, 0.2) is 22.7 Å². The number of nitrogens with one attached hydrogen (secondary N) is 1. The Bertz CT molecular complexity index is 491. The largest absolute Gasteiger partial charge is 0.481 e. The average molecular weight is 440 g/mol. The van der Waals surface area contributed by atoms with Crippen LogP contribution < -0.4 is 5.32 Å². The number of carbonyl (C=O) groups is 2. The van der Waals surface area contributed by atoms with Crippen molar-refractivity contribution < 1.29 is 14.7 Å². The third-order valence-electron chi connectivity index (χ3n) is 2.69. The molecule has 1 amide bonds. The van der Waals surface area contributed by atoms with Crippen molar-refractivity contribution in [3.63, 3.8) is 0 Å². The van der Waals surface area contributed by atoms with Gasteiger partial charge >= 0.3 is 5.97 Å². The molecule has 19 heavy (non-hydrogen) atoms. The number of rotatable bonds is 5. The molecule has 0 fully saturated rings. The summed E-state index contributed by atoms with van der Waals surface area (Å²) in [6.45, 7) is 3.78. The standard InChI is InChI=1S/C13H15BrINO3/c1-7(2)11(6-12(17)18)16-13(19)9-5-8(14)3-4-10(9)15/h3-5,7,11H,6H2,1-2H3,(H,16,19)(H,17,18). The summed E-state index contributed by atoms with van der Waals surface area (Å²) in [7, 11) is 0. The summed E-state index contributed by atoms with van der Waals surface area (Å²) in [6, 6.07) is 5.05. The molecular formula is C13H15BrINO3. The van der Waals surface area contributed by atoms with Crippen molar-refractivity contribution in [3.8, 4) is 0 Å². The first kappa shape index (κ1) is 16.4. The molecule has 2 N–H and O–H groups in total. The molecule has 4 nitrogen and oxygen atoms in total. The van der Waals surface area contributed by atoms with Crippen LogP contribution in [-0.2, 0) is 4.79 Å². The van der Waals surface area contributed by atoms with Crippen LogP contribution in [0.25, 0.3) is 0 Å². The minimum absolute atomic E-state index is 0.0601. The monoisotopic (exact) mass is 439 g/mol. The molecule has 0 heterocycles. The summed E-state index contributed by atoms with van der Waals surface area (Å²) < 4.78 is 1.65. The van der Waals surface area contributed by atoms with Gasteiger partial charge in [0.1, 0.15) is 0 Å². The number of carboxylic acids is 1. The van der Waals surface area contributed by atoms with Crippen molar-refractivity contribution in [2.45, 2.75) is 26.3 Å². The molecule has 1 unspecified atom stereocenters. The Labute approximate surface area is 134 Å². The maximum Gasteiger partial charge on any atom is 0.305 e. The van der Waals surface area contributed by atoms with Gasteiger partial charge in [-0.15, -0.1) is 0 Å². The second-order valence-electron chi connectivity index (χ2n) is 4.55. The molecule has 6 heteroatoms. The zero-order valence-corrected chi connectivity index (χ0v) is 14.4. The summed E-state index contributed by atoms with van der Waals surface area (Å²) >= 11 is 5.41. The minimum Gasteiger partial charge on any atom is -0.481 e. The number of carbonyl (C=O) groups excluding carboxylic acids is 1. The van der Waals surface area contributed by atoms with Crippen LogP contribution in [0.3, 0.4) is 0 Å². The van der Waals surface area contributed by atoms with Crippen molar-refractivity contribution in [2.24, 2.45) is 5.92 Å². The maximum atomic E-state index is 12.2. The van der Waals surface area contributed by atoms with Crippen LogP contribution in [0.4, 0.5) is 0 Å². The summed E-state index contributed by atoms with van der Waals surface area (Å²) in [5.74, 6) is -1.10. The molecule has 0 saturated carbocycles. The molecule has 1 aromatic rings. The lowest BCUT2D eigenvalue weighted by molar-refractivity contribution is -0.137. The number of carboxylic acid groups (broad SMARTS) is 1. The van der Waals surface area contributed by atoms with Crippen molar-refractivity contribution in [1.82, 2.24) is 5.32 Å². The molecule has 0 aliphatic carbocycles. The topological polar surface area (TPSA) is 66.4 Å². The van der Waals surface area contributed by atoms with Crippen LogP contribution in [0.1, 0.15) is 30.6 Å². The summed E-state index contributed by atoms with van der Waals surface area (Å²) in [4.78, 5) is 23.0. The maximum absolute atomic E-state index is 12.2. The number of hydrogen-bond donors (Lipinski definition) is 2. The van der Waals surface area contributed by atoms with E-state index in [0.717, 1.165) is 8.04 Å². The van der Waals surface area contributed by atoms with Gasteiger partial charge in [0.2, 0.25) is 0 Å². The van der Waals surface area contributed by atoms with E-state index in [1.807, 2.05) is 26.0 Å². The van der Waals surface area contributed by atoms with E-state index in [9.17, 15) is 9.59 Å². The van der Waals surface area contributed by atoms with Gasteiger partial charge in [0, 0.05) is 14.1 Å². The highest BCUT2D eigenvalue weighted by Gasteiger charge is 2.21. The van der Waals surface area contributed by atoms with Gasteiger partial charge in [-0.25, -0.2) is 0 Å². The Morgan fingerprint density at radius 1 is 1.42 bits per heavy atom. The highest BCUT2D eigenvalue weighted by molar-refractivity contribution is 14.1. The first-order valence-corrected chi connectivity index (χ1v) is 7.66. The lowest BCUT2D eigenvalue weighted by Gasteiger charge is -2.21. The van der Waals surface area contributed by atoms with E-state index in [-0.39, 0.29) is 24.3 Å². The molecule has 0 aromatic heterocycles. The average Bonchev–Trinajstić information content (AvgIpc) is 2.30. The van der Waals surface area contributed by atoms with E-state index < -0.39 is 5.97 Å². The smallest absolute Gasteiger partial charge is 0.305 e. The molecule has 0 bridgehead atoms. The number of halogens is 2. The van der Waals surface area contributed by atoms with E-state index in [0.29, 0.717) is 5.56 Å². The number of amides is 1. The third kappa shape index (κ3) is 5.10. The van der Waals surface area contributed by atoms with Crippen molar-refractivity contribution in [2.75, 3.05) is 0 Å². The first-order valence-electron chi connectivity index (χ1n) is 5.79. The Morgan fingerprint density at radius 3 is 2.58 bits per heavy atom. The van der Waals surface area contributed by atoms with Gasteiger partial charge < -0.3 is 10.4 Å². The van der Waals surface area contributed by atoms with Crippen LogP contribution in [0.2, 0.25) is 0 Å². The van der Waals surface area contributed by atoms with Crippen LogP contribution in [-0.4, -0.2) is 23.0 Å². The number of hydrogen-bond acceptors (Lipinski definition) is 2. The van der Waals surface area contributed by atoms with Crippen LogP contribution in [0.5, 0.6) is 0 Å². The second-order valence-corrected chi connectivity index (χ2v) is 6.62. The highest BCUT2D eigenvalue weighted by Crippen LogP contribution is 2.19. The minimum atomic E-state index is -0.914. The molecule has 0 saturated heterocycles. The molecule has 0 radical (unpaired) electrons. The molecule has 104 valence electrons. The number of aliphatic carboxylic acids is 1. The number of benzene rings is 1. The van der Waals surface area contributed by atoms with Crippen molar-refractivity contribution >= 4 is 50.4 Å². The summed E-state index contributed by atoms with van der Waals surface area (Å²) in [6.07, 6.45) is -0.0754. The van der Waals surface area contributed by atoms with Crippen molar-refractivity contribution in [3.05, 3.63) is 31.8 Å². The Morgan fingerprint density at radius 2 is 2.05 bits per heavy atom. The van der Waals surface area contributed by atoms with E-state index in [1.54, 1.807) is 6.07 Å². The molecule has 0 spiro atoms. The molecule has 0 aliphatic rings. The fourth-order valence-corrected chi connectivity index (χ4v) is 2.50. The zero-order chi connectivity index (χ0) is 14.6.